The van der Waals surface area contributed by atoms with Crippen molar-refractivity contribution >= 4 is 11.0 Å². The van der Waals surface area contributed by atoms with Gasteiger partial charge in [-0.25, -0.2) is 4.98 Å². The van der Waals surface area contributed by atoms with Crippen LogP contribution in [0.25, 0.3) is 11.0 Å². The van der Waals surface area contributed by atoms with E-state index in [-0.39, 0.29) is 5.60 Å². The SMILES string of the molecule is Cc1cc2c(cn1)ncn2C1CN(C(O)OC(C)(C)C)C1. The number of likely N-dealkylation sites (tertiary alicyclic amines) is 1. The number of ether oxygens (including phenoxy) is 1. The van der Waals surface area contributed by atoms with Crippen LogP contribution in [0.2, 0.25) is 0 Å². The molecule has 1 unspecified atom stereocenters. The Hall–Kier alpha value is -1.50. The number of nitrogens with zero attached hydrogens (tertiary/aromatic N) is 4. The molecule has 1 atom stereocenters. The molecular formula is C15H22N4O2. The zero-order chi connectivity index (χ0) is 15.2. The highest BCUT2D eigenvalue weighted by Crippen LogP contribution is 2.28. The molecule has 0 bridgehead atoms. The van der Waals surface area contributed by atoms with E-state index in [1.165, 1.54) is 0 Å². The first-order valence-electron chi connectivity index (χ1n) is 7.22. The summed E-state index contributed by atoms with van der Waals surface area (Å²) in [4.78, 5) is 10.6. The number of aliphatic hydroxyl groups excluding tert-OH is 1. The summed E-state index contributed by atoms with van der Waals surface area (Å²) in [6.07, 6.45) is 2.80. The van der Waals surface area contributed by atoms with Gasteiger partial charge in [0, 0.05) is 18.8 Å². The van der Waals surface area contributed by atoms with Crippen LogP contribution in [0.1, 0.15) is 32.5 Å². The molecule has 2 aromatic rings. The third-order valence-electron chi connectivity index (χ3n) is 3.65. The topological polar surface area (TPSA) is 63.4 Å². The summed E-state index contributed by atoms with van der Waals surface area (Å²) in [5, 5.41) is 10.0. The van der Waals surface area contributed by atoms with Crippen LogP contribution in [0.5, 0.6) is 0 Å². The first-order chi connectivity index (χ1) is 9.83. The van der Waals surface area contributed by atoms with Crippen molar-refractivity contribution in [2.24, 2.45) is 0 Å². The van der Waals surface area contributed by atoms with Gasteiger partial charge in [0.25, 0.3) is 0 Å². The lowest BCUT2D eigenvalue weighted by Crippen LogP contribution is -2.54. The molecule has 0 aliphatic carbocycles. The molecule has 21 heavy (non-hydrogen) atoms. The van der Waals surface area contributed by atoms with Gasteiger partial charge < -0.3 is 14.4 Å². The van der Waals surface area contributed by atoms with Crippen LogP contribution in [-0.4, -0.2) is 49.6 Å². The summed E-state index contributed by atoms with van der Waals surface area (Å²) in [7, 11) is 0. The second-order valence-electron chi connectivity index (χ2n) is 6.63. The van der Waals surface area contributed by atoms with E-state index in [9.17, 15) is 5.11 Å². The van der Waals surface area contributed by atoms with Crippen LogP contribution in [0, 0.1) is 6.92 Å². The Morgan fingerprint density at radius 1 is 1.33 bits per heavy atom. The van der Waals surface area contributed by atoms with E-state index in [0.29, 0.717) is 6.04 Å². The minimum atomic E-state index is -0.848. The second-order valence-corrected chi connectivity index (χ2v) is 6.63. The van der Waals surface area contributed by atoms with Gasteiger partial charge in [-0.2, -0.15) is 0 Å². The van der Waals surface area contributed by atoms with Gasteiger partial charge in [-0.3, -0.25) is 9.88 Å². The fourth-order valence-corrected chi connectivity index (χ4v) is 2.56. The van der Waals surface area contributed by atoms with Crippen molar-refractivity contribution in [2.45, 2.75) is 45.8 Å². The second kappa shape index (κ2) is 5.05. The van der Waals surface area contributed by atoms with Gasteiger partial charge in [-0.05, 0) is 33.8 Å². The zero-order valence-electron chi connectivity index (χ0n) is 12.9. The predicted molar refractivity (Wildman–Crippen MR) is 79.7 cm³/mol. The maximum atomic E-state index is 10.0. The molecule has 0 saturated carbocycles. The minimum Gasteiger partial charge on any atom is -0.356 e. The van der Waals surface area contributed by atoms with E-state index in [0.717, 1.165) is 29.8 Å². The Balaban J connectivity index is 1.69. The summed E-state index contributed by atoms with van der Waals surface area (Å²) >= 11 is 0. The molecule has 1 N–H and O–H groups in total. The number of pyridine rings is 1. The molecule has 114 valence electrons. The monoisotopic (exact) mass is 290 g/mol. The van der Waals surface area contributed by atoms with Gasteiger partial charge in [0.2, 0.25) is 6.41 Å². The summed E-state index contributed by atoms with van der Waals surface area (Å²) < 4.78 is 7.72. The van der Waals surface area contributed by atoms with Crippen molar-refractivity contribution in [1.29, 1.82) is 0 Å². The van der Waals surface area contributed by atoms with Crippen molar-refractivity contribution in [1.82, 2.24) is 19.4 Å². The summed E-state index contributed by atoms with van der Waals surface area (Å²) in [5.41, 5.74) is 2.63. The third-order valence-corrected chi connectivity index (χ3v) is 3.65. The molecule has 6 nitrogen and oxygen atoms in total. The highest BCUT2D eigenvalue weighted by molar-refractivity contribution is 5.74. The summed E-state index contributed by atoms with van der Waals surface area (Å²) in [6, 6.07) is 2.36. The smallest absolute Gasteiger partial charge is 0.216 e. The molecule has 2 aromatic heterocycles. The van der Waals surface area contributed by atoms with Crippen LogP contribution in [0.15, 0.2) is 18.6 Å². The largest absolute Gasteiger partial charge is 0.356 e. The normalized spacial score (nSPS) is 18.9. The predicted octanol–water partition coefficient (Wildman–Crippen LogP) is 1.69. The first kappa shape index (κ1) is 14.4. The molecule has 3 heterocycles. The molecule has 3 rings (SSSR count). The van der Waals surface area contributed by atoms with E-state index in [1.54, 1.807) is 6.20 Å². The molecule has 1 aliphatic rings. The molecule has 0 radical (unpaired) electrons. The maximum Gasteiger partial charge on any atom is 0.216 e. The number of aryl methyl sites for hydroxylation is 1. The van der Waals surface area contributed by atoms with Gasteiger partial charge in [-0.15, -0.1) is 0 Å². The highest BCUT2D eigenvalue weighted by Gasteiger charge is 2.35. The number of imidazole rings is 1. The van der Waals surface area contributed by atoms with Gasteiger partial charge in [0.15, 0.2) is 0 Å². The first-order valence-corrected chi connectivity index (χ1v) is 7.22. The molecule has 1 aliphatic heterocycles. The Bertz CT molecular complexity index is 641. The fraction of sp³-hybridized carbons (Fsp3) is 0.600. The Morgan fingerprint density at radius 2 is 2.05 bits per heavy atom. The van der Waals surface area contributed by atoms with Gasteiger partial charge in [-0.1, -0.05) is 0 Å². The maximum absolute atomic E-state index is 10.0. The van der Waals surface area contributed by atoms with Crippen LogP contribution < -0.4 is 0 Å². The summed E-state index contributed by atoms with van der Waals surface area (Å²) in [5.74, 6) is 0. The average molecular weight is 290 g/mol. The van der Waals surface area contributed by atoms with Crippen LogP contribution in [0.4, 0.5) is 0 Å². The fourth-order valence-electron chi connectivity index (χ4n) is 2.56. The number of aromatic nitrogens is 3. The van der Waals surface area contributed by atoms with Gasteiger partial charge in [0.05, 0.1) is 29.7 Å². The lowest BCUT2D eigenvalue weighted by atomic mass is 10.1. The van der Waals surface area contributed by atoms with Crippen LogP contribution >= 0.6 is 0 Å². The van der Waals surface area contributed by atoms with Crippen molar-refractivity contribution in [3.05, 3.63) is 24.3 Å². The lowest BCUT2D eigenvalue weighted by Gasteiger charge is -2.43. The number of rotatable bonds is 3. The molecular weight excluding hydrogens is 268 g/mol. The number of fused-ring (bicyclic) bond motifs is 1. The van der Waals surface area contributed by atoms with E-state index >= 15 is 0 Å². The molecule has 1 saturated heterocycles. The van der Waals surface area contributed by atoms with Crippen molar-refractivity contribution in [3.63, 3.8) is 0 Å². The van der Waals surface area contributed by atoms with Crippen molar-refractivity contribution < 1.29 is 9.84 Å². The average Bonchev–Trinajstić information content (AvgIpc) is 2.68. The van der Waals surface area contributed by atoms with Crippen LogP contribution in [-0.2, 0) is 4.74 Å². The zero-order valence-corrected chi connectivity index (χ0v) is 12.9. The molecule has 1 fully saturated rings. The number of aliphatic hydroxyl groups is 1. The van der Waals surface area contributed by atoms with E-state index < -0.39 is 6.41 Å². The highest BCUT2D eigenvalue weighted by atomic mass is 16.6. The van der Waals surface area contributed by atoms with Gasteiger partial charge >= 0.3 is 0 Å². The lowest BCUT2D eigenvalue weighted by molar-refractivity contribution is -0.259. The third kappa shape index (κ3) is 2.92. The van der Waals surface area contributed by atoms with E-state index in [4.69, 9.17) is 4.74 Å². The van der Waals surface area contributed by atoms with Crippen LogP contribution in [0.3, 0.4) is 0 Å². The quantitative estimate of drug-likeness (QED) is 0.872. The van der Waals surface area contributed by atoms with E-state index in [1.807, 2.05) is 45.0 Å². The van der Waals surface area contributed by atoms with Crippen molar-refractivity contribution in [2.75, 3.05) is 13.1 Å². The molecule has 0 spiro atoms. The minimum absolute atomic E-state index is 0.315. The van der Waals surface area contributed by atoms with Crippen molar-refractivity contribution in [3.8, 4) is 0 Å². The molecule has 0 aromatic carbocycles. The molecule has 0 amide bonds. The molecule has 6 heteroatoms. The Labute approximate surface area is 124 Å². The van der Waals surface area contributed by atoms with E-state index in [2.05, 4.69) is 14.5 Å². The number of hydrogen-bond acceptors (Lipinski definition) is 5. The van der Waals surface area contributed by atoms with Gasteiger partial charge in [0.1, 0.15) is 5.52 Å². The Morgan fingerprint density at radius 3 is 2.71 bits per heavy atom. The standard InChI is InChI=1S/C15H22N4O2/c1-10-5-13-12(6-16-10)17-9-19(13)11-7-18(8-11)14(20)21-15(2,3)4/h5-6,9,11,14,20H,7-8H2,1-4H3. The summed E-state index contributed by atoms with van der Waals surface area (Å²) in [6.45, 7) is 9.30. The number of hydrogen-bond donors (Lipinski definition) is 1. The Kier molecular flexibility index (Phi) is 3.47.